The molecular formula is C23H24BNO2. The van der Waals surface area contributed by atoms with Crippen molar-refractivity contribution in [2.45, 2.75) is 38.9 Å². The molecule has 0 saturated carbocycles. The molecule has 1 fully saturated rings. The highest BCUT2D eigenvalue weighted by Crippen LogP contribution is 2.37. The van der Waals surface area contributed by atoms with Gasteiger partial charge in [-0.2, -0.15) is 0 Å². The molecule has 2 aromatic carbocycles. The maximum absolute atomic E-state index is 6.30. The van der Waals surface area contributed by atoms with Crippen LogP contribution >= 0.6 is 0 Å². The summed E-state index contributed by atoms with van der Waals surface area (Å²) in [6.07, 6.45) is 0. The molecule has 0 aliphatic carbocycles. The average Bonchev–Trinajstić information content (AvgIpc) is 2.90. The molecule has 0 unspecified atom stereocenters. The molecule has 1 saturated heterocycles. The molecule has 27 heavy (non-hydrogen) atoms. The van der Waals surface area contributed by atoms with Crippen LogP contribution in [0, 0.1) is 0 Å². The molecule has 0 bridgehead atoms. The van der Waals surface area contributed by atoms with E-state index in [1.807, 2.05) is 42.5 Å². The molecule has 0 spiro atoms. The molecule has 0 radical (unpaired) electrons. The lowest BCUT2D eigenvalue weighted by Gasteiger charge is -2.32. The van der Waals surface area contributed by atoms with Crippen molar-refractivity contribution in [2.75, 3.05) is 0 Å². The van der Waals surface area contributed by atoms with Gasteiger partial charge in [-0.1, -0.05) is 66.7 Å². The summed E-state index contributed by atoms with van der Waals surface area (Å²) in [5, 5.41) is 0. The van der Waals surface area contributed by atoms with Crippen molar-refractivity contribution in [2.24, 2.45) is 0 Å². The van der Waals surface area contributed by atoms with Crippen molar-refractivity contribution >= 4 is 12.6 Å². The molecule has 2 heterocycles. The zero-order valence-corrected chi connectivity index (χ0v) is 16.3. The van der Waals surface area contributed by atoms with E-state index in [-0.39, 0.29) is 11.2 Å². The van der Waals surface area contributed by atoms with Crippen molar-refractivity contribution < 1.29 is 9.31 Å². The molecule has 1 aromatic heterocycles. The molecule has 1 aliphatic heterocycles. The van der Waals surface area contributed by atoms with Gasteiger partial charge in [0.1, 0.15) is 0 Å². The van der Waals surface area contributed by atoms with Crippen LogP contribution in [0.3, 0.4) is 0 Å². The lowest BCUT2D eigenvalue weighted by atomic mass is 9.76. The van der Waals surface area contributed by atoms with Crippen LogP contribution in [0.2, 0.25) is 0 Å². The Balaban J connectivity index is 1.83. The molecule has 3 nitrogen and oxygen atoms in total. The molecular weight excluding hydrogens is 333 g/mol. The second-order valence-corrected chi connectivity index (χ2v) is 7.95. The van der Waals surface area contributed by atoms with Gasteiger partial charge in [-0.05, 0) is 39.3 Å². The van der Waals surface area contributed by atoms with E-state index in [0.717, 1.165) is 28.0 Å². The van der Waals surface area contributed by atoms with Crippen LogP contribution in [-0.4, -0.2) is 23.3 Å². The maximum Gasteiger partial charge on any atom is 0.497 e. The van der Waals surface area contributed by atoms with Crippen molar-refractivity contribution in [1.82, 2.24) is 4.98 Å². The second-order valence-electron chi connectivity index (χ2n) is 7.95. The molecule has 0 N–H and O–H groups in total. The van der Waals surface area contributed by atoms with Crippen LogP contribution in [0.4, 0.5) is 0 Å². The Morgan fingerprint density at radius 2 is 1.19 bits per heavy atom. The van der Waals surface area contributed by atoms with Crippen LogP contribution in [0.1, 0.15) is 27.7 Å². The summed E-state index contributed by atoms with van der Waals surface area (Å²) in [6, 6.07) is 24.6. The minimum Gasteiger partial charge on any atom is -0.399 e. The number of nitrogens with zero attached hydrogens (tertiary/aromatic N) is 1. The van der Waals surface area contributed by atoms with Gasteiger partial charge in [0.15, 0.2) is 0 Å². The summed E-state index contributed by atoms with van der Waals surface area (Å²) >= 11 is 0. The fourth-order valence-electron chi connectivity index (χ4n) is 3.23. The first-order valence-corrected chi connectivity index (χ1v) is 9.35. The lowest BCUT2D eigenvalue weighted by molar-refractivity contribution is 0.00578. The lowest BCUT2D eigenvalue weighted by Crippen LogP contribution is -2.41. The molecule has 3 aromatic rings. The Hall–Kier alpha value is -2.43. The van der Waals surface area contributed by atoms with E-state index < -0.39 is 7.12 Å². The normalized spacial score (nSPS) is 17.9. The highest BCUT2D eigenvalue weighted by Gasteiger charge is 2.52. The van der Waals surface area contributed by atoms with E-state index >= 15 is 0 Å². The minimum atomic E-state index is -0.442. The number of aromatic nitrogens is 1. The Morgan fingerprint density at radius 1 is 0.667 bits per heavy atom. The first kappa shape index (κ1) is 18.0. The molecule has 4 rings (SSSR count). The van der Waals surface area contributed by atoms with Gasteiger partial charge >= 0.3 is 7.12 Å². The molecule has 1 aliphatic rings. The zero-order chi connectivity index (χ0) is 19.1. The summed E-state index contributed by atoms with van der Waals surface area (Å²) < 4.78 is 12.6. The first-order valence-electron chi connectivity index (χ1n) is 9.35. The van der Waals surface area contributed by atoms with Gasteiger partial charge in [-0.15, -0.1) is 0 Å². The molecule has 0 amide bonds. The van der Waals surface area contributed by atoms with E-state index in [1.54, 1.807) is 0 Å². The Kier molecular flexibility index (Phi) is 4.41. The van der Waals surface area contributed by atoms with Gasteiger partial charge in [0.2, 0.25) is 0 Å². The van der Waals surface area contributed by atoms with Gasteiger partial charge < -0.3 is 9.31 Å². The standard InChI is InChI=1S/C23H24BNO2/c1-22(2)23(3,4)27-24(26-22)19-15-16-20(17-11-7-5-8-12-17)25-21(19)18-13-9-6-10-14-18/h5-16H,1-4H3. The molecule has 0 atom stereocenters. The minimum absolute atomic E-state index is 0.385. The van der Waals surface area contributed by atoms with Gasteiger partial charge in [-0.3, -0.25) is 0 Å². The fraction of sp³-hybridized carbons (Fsp3) is 0.261. The fourth-order valence-corrected chi connectivity index (χ4v) is 3.23. The van der Waals surface area contributed by atoms with Gasteiger partial charge in [0, 0.05) is 11.0 Å². The first-order chi connectivity index (χ1) is 12.9. The third kappa shape index (κ3) is 3.31. The number of hydrogen-bond donors (Lipinski definition) is 0. The van der Waals surface area contributed by atoms with Crippen LogP contribution in [0.5, 0.6) is 0 Å². The van der Waals surface area contributed by atoms with Crippen molar-refractivity contribution in [3.05, 3.63) is 72.8 Å². The molecule has 4 heteroatoms. The van der Waals surface area contributed by atoms with Crippen LogP contribution in [-0.2, 0) is 9.31 Å². The second kappa shape index (κ2) is 6.63. The average molecular weight is 357 g/mol. The highest BCUT2D eigenvalue weighted by atomic mass is 16.7. The van der Waals surface area contributed by atoms with Crippen LogP contribution in [0.15, 0.2) is 72.8 Å². The summed E-state index contributed by atoms with van der Waals surface area (Å²) in [6.45, 7) is 8.28. The monoisotopic (exact) mass is 357 g/mol. The van der Waals surface area contributed by atoms with Gasteiger partial charge in [0.05, 0.1) is 22.6 Å². The van der Waals surface area contributed by atoms with Crippen molar-refractivity contribution in [3.8, 4) is 22.5 Å². The number of hydrogen-bond acceptors (Lipinski definition) is 3. The summed E-state index contributed by atoms with van der Waals surface area (Å²) in [7, 11) is -0.442. The third-order valence-corrected chi connectivity index (χ3v) is 5.55. The predicted octanol–water partition coefficient (Wildman–Crippen LogP) is 4.71. The van der Waals surface area contributed by atoms with E-state index in [1.165, 1.54) is 0 Å². The van der Waals surface area contributed by atoms with Gasteiger partial charge in [0.25, 0.3) is 0 Å². The number of rotatable bonds is 3. The van der Waals surface area contributed by atoms with Crippen molar-refractivity contribution in [1.29, 1.82) is 0 Å². The van der Waals surface area contributed by atoms with E-state index in [9.17, 15) is 0 Å². The Morgan fingerprint density at radius 3 is 1.74 bits per heavy atom. The maximum atomic E-state index is 6.30. The third-order valence-electron chi connectivity index (χ3n) is 5.55. The summed E-state index contributed by atoms with van der Waals surface area (Å²) in [5.74, 6) is 0. The smallest absolute Gasteiger partial charge is 0.399 e. The van der Waals surface area contributed by atoms with Crippen LogP contribution in [0.25, 0.3) is 22.5 Å². The highest BCUT2D eigenvalue weighted by molar-refractivity contribution is 6.63. The Bertz CT molecular complexity index is 923. The van der Waals surface area contributed by atoms with Crippen LogP contribution < -0.4 is 5.46 Å². The quantitative estimate of drug-likeness (QED) is 0.636. The molecule has 136 valence electrons. The Labute approximate surface area is 161 Å². The van der Waals surface area contributed by atoms with Crippen molar-refractivity contribution in [3.63, 3.8) is 0 Å². The number of benzene rings is 2. The van der Waals surface area contributed by atoms with E-state index in [0.29, 0.717) is 0 Å². The topological polar surface area (TPSA) is 31.4 Å². The SMILES string of the molecule is CC1(C)OB(c2ccc(-c3ccccc3)nc2-c2ccccc2)OC1(C)C. The predicted molar refractivity (Wildman–Crippen MR) is 111 cm³/mol. The van der Waals surface area contributed by atoms with E-state index in [4.69, 9.17) is 14.3 Å². The summed E-state index contributed by atoms with van der Waals surface area (Å²) in [4.78, 5) is 4.99. The van der Waals surface area contributed by atoms with Gasteiger partial charge in [-0.25, -0.2) is 4.98 Å². The zero-order valence-electron chi connectivity index (χ0n) is 16.3. The summed E-state index contributed by atoms with van der Waals surface area (Å²) in [5.41, 5.74) is 4.17. The number of pyridine rings is 1. The van der Waals surface area contributed by atoms with E-state index in [2.05, 4.69) is 58.0 Å². The largest absolute Gasteiger partial charge is 0.497 e.